The van der Waals surface area contributed by atoms with E-state index in [1.54, 1.807) is 24.3 Å². The first-order chi connectivity index (χ1) is 15.0. The number of benzene rings is 2. The molecule has 1 N–H and O–H groups in total. The van der Waals surface area contributed by atoms with Crippen molar-refractivity contribution < 1.29 is 13.7 Å². The first-order valence-electron chi connectivity index (χ1n) is 9.45. The van der Waals surface area contributed by atoms with Crippen LogP contribution in [0.4, 0.5) is 5.69 Å². The van der Waals surface area contributed by atoms with Gasteiger partial charge in [-0.2, -0.15) is 4.98 Å². The van der Waals surface area contributed by atoms with Crippen LogP contribution in [0, 0.1) is 6.92 Å². The molecule has 0 aliphatic carbocycles. The maximum absolute atomic E-state index is 12.1. The molecule has 0 atom stereocenters. The normalized spacial score (nSPS) is 10.9. The standard InChI is InChI=1S/C21H18ClN5O3S/c1-13-5-7-14(8-6-13)20-25-26-21(29-20)31-12-17-24-19(30-27-17)10-9-18(28)23-16-4-2-3-15(22)11-16/h2-8,11H,9-10,12H2,1H3,(H,23,28). The predicted octanol–water partition coefficient (Wildman–Crippen LogP) is 4.95. The van der Waals surface area contributed by atoms with Crippen molar-refractivity contribution in [3.8, 4) is 11.5 Å². The fraction of sp³-hybridized carbons (Fsp3) is 0.190. The van der Waals surface area contributed by atoms with Gasteiger partial charge in [0.2, 0.25) is 17.7 Å². The molecule has 4 aromatic rings. The van der Waals surface area contributed by atoms with Gasteiger partial charge in [-0.3, -0.25) is 4.79 Å². The Labute approximate surface area is 187 Å². The van der Waals surface area contributed by atoms with Crippen LogP contribution in [-0.2, 0) is 17.0 Å². The van der Waals surface area contributed by atoms with Gasteiger partial charge in [0.25, 0.3) is 5.22 Å². The number of nitrogens with zero attached hydrogens (tertiary/aromatic N) is 4. The van der Waals surface area contributed by atoms with Crippen molar-refractivity contribution in [1.82, 2.24) is 20.3 Å². The summed E-state index contributed by atoms with van der Waals surface area (Å²) in [6, 6.07) is 14.8. The molecule has 2 aromatic heterocycles. The number of anilines is 1. The minimum Gasteiger partial charge on any atom is -0.411 e. The molecule has 2 aromatic carbocycles. The Balaban J connectivity index is 1.25. The topological polar surface area (TPSA) is 107 Å². The van der Waals surface area contributed by atoms with Crippen molar-refractivity contribution in [2.75, 3.05) is 5.32 Å². The van der Waals surface area contributed by atoms with Crippen molar-refractivity contribution in [2.45, 2.75) is 30.7 Å². The number of nitrogens with one attached hydrogen (secondary N) is 1. The van der Waals surface area contributed by atoms with Gasteiger partial charge < -0.3 is 14.3 Å². The summed E-state index contributed by atoms with van der Waals surface area (Å²) in [4.78, 5) is 16.4. The quantitative estimate of drug-likeness (QED) is 0.372. The van der Waals surface area contributed by atoms with Crippen molar-refractivity contribution in [3.05, 3.63) is 70.8 Å². The fourth-order valence-electron chi connectivity index (χ4n) is 2.67. The van der Waals surface area contributed by atoms with Crippen LogP contribution >= 0.6 is 23.4 Å². The number of carbonyl (C=O) groups excluding carboxylic acids is 1. The third kappa shape index (κ3) is 5.93. The van der Waals surface area contributed by atoms with E-state index < -0.39 is 0 Å². The summed E-state index contributed by atoms with van der Waals surface area (Å²) in [5.74, 6) is 1.59. The molecule has 4 rings (SSSR count). The second-order valence-electron chi connectivity index (χ2n) is 6.69. The van der Waals surface area contributed by atoms with Crippen LogP contribution < -0.4 is 5.32 Å². The highest BCUT2D eigenvalue weighted by atomic mass is 35.5. The number of hydrogen-bond donors (Lipinski definition) is 1. The molecule has 8 nitrogen and oxygen atoms in total. The molecule has 0 spiro atoms. The van der Waals surface area contributed by atoms with E-state index in [9.17, 15) is 4.79 Å². The molecule has 0 fully saturated rings. The van der Waals surface area contributed by atoms with Gasteiger partial charge in [-0.1, -0.05) is 52.3 Å². The predicted molar refractivity (Wildman–Crippen MR) is 117 cm³/mol. The number of aromatic nitrogens is 4. The van der Waals surface area contributed by atoms with Crippen molar-refractivity contribution >= 4 is 35.0 Å². The molecule has 0 bridgehead atoms. The summed E-state index contributed by atoms with van der Waals surface area (Å²) in [7, 11) is 0. The van der Waals surface area contributed by atoms with E-state index in [4.69, 9.17) is 20.5 Å². The molecule has 0 radical (unpaired) electrons. The van der Waals surface area contributed by atoms with Gasteiger partial charge in [-0.05, 0) is 37.3 Å². The van der Waals surface area contributed by atoms with E-state index in [-0.39, 0.29) is 12.3 Å². The Morgan fingerprint density at radius 3 is 2.81 bits per heavy atom. The Morgan fingerprint density at radius 1 is 1.16 bits per heavy atom. The molecule has 0 unspecified atom stereocenters. The van der Waals surface area contributed by atoms with Gasteiger partial charge in [-0.25, -0.2) is 0 Å². The molecule has 0 saturated carbocycles. The Morgan fingerprint density at radius 2 is 2.00 bits per heavy atom. The smallest absolute Gasteiger partial charge is 0.277 e. The van der Waals surface area contributed by atoms with E-state index in [2.05, 4.69) is 25.7 Å². The van der Waals surface area contributed by atoms with Gasteiger partial charge in [0.05, 0.1) is 5.75 Å². The van der Waals surface area contributed by atoms with Crippen LogP contribution in [0.15, 0.2) is 62.7 Å². The summed E-state index contributed by atoms with van der Waals surface area (Å²) in [6.07, 6.45) is 0.549. The zero-order valence-corrected chi connectivity index (χ0v) is 18.1. The maximum atomic E-state index is 12.1. The van der Waals surface area contributed by atoms with E-state index in [0.29, 0.717) is 45.7 Å². The van der Waals surface area contributed by atoms with Crippen molar-refractivity contribution in [2.24, 2.45) is 0 Å². The third-order valence-corrected chi connectivity index (χ3v) is 5.26. The first kappa shape index (κ1) is 21.1. The molecule has 1 amide bonds. The molecule has 0 saturated heterocycles. The maximum Gasteiger partial charge on any atom is 0.277 e. The van der Waals surface area contributed by atoms with Gasteiger partial charge >= 0.3 is 0 Å². The van der Waals surface area contributed by atoms with Crippen LogP contribution in [0.1, 0.15) is 23.7 Å². The van der Waals surface area contributed by atoms with Gasteiger partial charge in [-0.15, -0.1) is 10.2 Å². The second kappa shape index (κ2) is 9.76. The molecule has 31 heavy (non-hydrogen) atoms. The zero-order chi connectivity index (χ0) is 21.6. The highest BCUT2D eigenvalue weighted by Crippen LogP contribution is 2.25. The molecular formula is C21H18ClN5O3S. The monoisotopic (exact) mass is 455 g/mol. The Kier molecular flexibility index (Phi) is 6.63. The minimum absolute atomic E-state index is 0.161. The van der Waals surface area contributed by atoms with Gasteiger partial charge in [0, 0.05) is 29.1 Å². The van der Waals surface area contributed by atoms with Gasteiger partial charge in [0.1, 0.15) is 0 Å². The fourth-order valence-corrected chi connectivity index (χ4v) is 3.46. The molecule has 0 aliphatic heterocycles. The zero-order valence-electron chi connectivity index (χ0n) is 16.5. The lowest BCUT2D eigenvalue weighted by Crippen LogP contribution is -2.12. The van der Waals surface area contributed by atoms with Crippen molar-refractivity contribution in [3.63, 3.8) is 0 Å². The highest BCUT2D eigenvalue weighted by Gasteiger charge is 2.13. The summed E-state index contributed by atoms with van der Waals surface area (Å²) >= 11 is 7.23. The second-order valence-corrected chi connectivity index (χ2v) is 8.05. The first-order valence-corrected chi connectivity index (χ1v) is 10.8. The van der Waals surface area contributed by atoms with Crippen LogP contribution in [0.2, 0.25) is 5.02 Å². The summed E-state index contributed by atoms with van der Waals surface area (Å²) < 4.78 is 10.9. The molecule has 0 aliphatic rings. The summed E-state index contributed by atoms with van der Waals surface area (Å²) in [6.45, 7) is 2.02. The lowest BCUT2D eigenvalue weighted by atomic mass is 10.1. The van der Waals surface area contributed by atoms with Gasteiger partial charge in [0.15, 0.2) is 5.82 Å². The van der Waals surface area contributed by atoms with E-state index in [0.717, 1.165) is 11.1 Å². The lowest BCUT2D eigenvalue weighted by molar-refractivity contribution is -0.116. The Bertz CT molecular complexity index is 1180. The number of rotatable bonds is 8. The third-order valence-electron chi connectivity index (χ3n) is 4.21. The van der Waals surface area contributed by atoms with Crippen molar-refractivity contribution in [1.29, 1.82) is 0 Å². The Hall–Kier alpha value is -3.17. The lowest BCUT2D eigenvalue weighted by Gasteiger charge is -2.04. The number of halogens is 1. The number of aryl methyl sites for hydroxylation is 2. The van der Waals surface area contributed by atoms with E-state index in [1.165, 1.54) is 11.8 Å². The van der Waals surface area contributed by atoms with Crippen LogP contribution in [-0.4, -0.2) is 26.2 Å². The summed E-state index contributed by atoms with van der Waals surface area (Å²) in [5.41, 5.74) is 2.67. The highest BCUT2D eigenvalue weighted by molar-refractivity contribution is 7.98. The minimum atomic E-state index is -0.161. The number of amides is 1. The molecule has 10 heteroatoms. The molecule has 158 valence electrons. The average molecular weight is 456 g/mol. The molecular weight excluding hydrogens is 438 g/mol. The van der Waals surface area contributed by atoms with E-state index in [1.807, 2.05) is 31.2 Å². The number of thioether (sulfide) groups is 1. The van der Waals surface area contributed by atoms with E-state index >= 15 is 0 Å². The number of hydrogen-bond acceptors (Lipinski definition) is 8. The average Bonchev–Trinajstić information content (AvgIpc) is 3.41. The molecule has 2 heterocycles. The van der Waals surface area contributed by atoms with Crippen LogP contribution in [0.5, 0.6) is 0 Å². The number of carbonyl (C=O) groups is 1. The SMILES string of the molecule is Cc1ccc(-c2nnc(SCc3noc(CCC(=O)Nc4cccc(Cl)c4)n3)o2)cc1. The largest absolute Gasteiger partial charge is 0.411 e. The van der Waals surface area contributed by atoms with Crippen LogP contribution in [0.3, 0.4) is 0 Å². The van der Waals surface area contributed by atoms with Crippen LogP contribution in [0.25, 0.3) is 11.5 Å². The summed E-state index contributed by atoms with van der Waals surface area (Å²) in [5, 5.41) is 15.8.